The Hall–Kier alpha value is -3.49. The molecule has 0 aromatic heterocycles. The molecule has 0 spiro atoms. The van der Waals surface area contributed by atoms with Crippen molar-refractivity contribution in [3.63, 3.8) is 0 Å². The van der Waals surface area contributed by atoms with Gasteiger partial charge in [0.2, 0.25) is 21.8 Å². The number of carbonyl (C=O) groups is 2. The van der Waals surface area contributed by atoms with E-state index >= 15 is 0 Å². The van der Waals surface area contributed by atoms with Crippen LogP contribution in [0.15, 0.2) is 89.8 Å². The lowest BCUT2D eigenvalue weighted by atomic mass is 10.0. The maximum atomic E-state index is 13.8. The Kier molecular flexibility index (Phi) is 9.90. The Labute approximate surface area is 231 Å². The minimum Gasteiger partial charge on any atom is -0.354 e. The summed E-state index contributed by atoms with van der Waals surface area (Å²) < 4.78 is 27.2. The quantitative estimate of drug-likeness (QED) is 0.356. The third-order valence-corrected chi connectivity index (χ3v) is 8.91. The molecule has 0 aliphatic carbocycles. The van der Waals surface area contributed by atoms with E-state index in [2.05, 4.69) is 5.32 Å². The van der Waals surface area contributed by atoms with Crippen LogP contribution in [0.1, 0.15) is 55.3 Å². The second kappa shape index (κ2) is 13.5. The molecule has 1 atom stereocenters. The number of amides is 2. The summed E-state index contributed by atoms with van der Waals surface area (Å²) in [6.07, 6.45) is 3.20. The number of hydrogen-bond acceptors (Lipinski definition) is 4. The van der Waals surface area contributed by atoms with Crippen molar-refractivity contribution < 1.29 is 18.0 Å². The van der Waals surface area contributed by atoms with E-state index in [1.54, 1.807) is 29.2 Å². The van der Waals surface area contributed by atoms with Gasteiger partial charge in [0.05, 0.1) is 4.90 Å². The van der Waals surface area contributed by atoms with E-state index in [1.807, 2.05) is 67.6 Å². The van der Waals surface area contributed by atoms with E-state index in [-0.39, 0.29) is 23.1 Å². The fourth-order valence-electron chi connectivity index (χ4n) is 4.86. The van der Waals surface area contributed by atoms with Gasteiger partial charge >= 0.3 is 0 Å². The largest absolute Gasteiger partial charge is 0.354 e. The second-order valence-corrected chi connectivity index (χ2v) is 11.8. The standard InChI is InChI=1S/C31H37N3O4S/c1-2-21-32-31(36)30(27-13-7-4-8-14-27)34(24-26-11-5-3-6-12-26)29(35)20-17-25-15-18-28(19-16-25)39(37,38)33-22-9-10-23-33/h3-8,11-16,18-19,30H,2,9-10,17,20-24H2,1H3,(H,32,36)/t30-/m0/s1. The van der Waals surface area contributed by atoms with Gasteiger partial charge in [-0.2, -0.15) is 4.31 Å². The topological polar surface area (TPSA) is 86.8 Å². The molecule has 7 nitrogen and oxygen atoms in total. The Morgan fingerprint density at radius 2 is 1.49 bits per heavy atom. The zero-order valence-electron chi connectivity index (χ0n) is 22.5. The van der Waals surface area contributed by atoms with Crippen LogP contribution in [0.3, 0.4) is 0 Å². The van der Waals surface area contributed by atoms with Gasteiger partial charge in [0.25, 0.3) is 0 Å². The monoisotopic (exact) mass is 547 g/mol. The Balaban J connectivity index is 1.54. The van der Waals surface area contributed by atoms with Gasteiger partial charge in [-0.1, -0.05) is 79.7 Å². The summed E-state index contributed by atoms with van der Waals surface area (Å²) in [5.74, 6) is -0.350. The van der Waals surface area contributed by atoms with Crippen molar-refractivity contribution in [2.45, 2.75) is 56.5 Å². The lowest BCUT2D eigenvalue weighted by Gasteiger charge is -2.32. The van der Waals surface area contributed by atoms with E-state index in [1.165, 1.54) is 4.31 Å². The van der Waals surface area contributed by atoms with E-state index in [9.17, 15) is 18.0 Å². The molecule has 1 N–H and O–H groups in total. The Morgan fingerprint density at radius 3 is 2.10 bits per heavy atom. The number of nitrogens with zero attached hydrogens (tertiary/aromatic N) is 2. The molecule has 0 radical (unpaired) electrons. The van der Waals surface area contributed by atoms with Gasteiger partial charge in [-0.3, -0.25) is 9.59 Å². The van der Waals surface area contributed by atoms with E-state index in [4.69, 9.17) is 0 Å². The smallest absolute Gasteiger partial charge is 0.247 e. The van der Waals surface area contributed by atoms with E-state index in [0.29, 0.717) is 32.6 Å². The predicted molar refractivity (Wildman–Crippen MR) is 152 cm³/mol. The van der Waals surface area contributed by atoms with Gasteiger partial charge in [-0.15, -0.1) is 0 Å². The van der Waals surface area contributed by atoms with Crippen molar-refractivity contribution >= 4 is 21.8 Å². The number of benzene rings is 3. The van der Waals surface area contributed by atoms with Crippen molar-refractivity contribution in [3.8, 4) is 0 Å². The maximum Gasteiger partial charge on any atom is 0.247 e. The molecular formula is C31H37N3O4S. The molecule has 3 aromatic carbocycles. The minimum absolute atomic E-state index is 0.145. The summed E-state index contributed by atoms with van der Waals surface area (Å²) in [5.41, 5.74) is 2.56. The van der Waals surface area contributed by atoms with E-state index < -0.39 is 16.1 Å². The van der Waals surface area contributed by atoms with Crippen LogP contribution >= 0.6 is 0 Å². The first-order valence-corrected chi connectivity index (χ1v) is 15.1. The summed E-state index contributed by atoms with van der Waals surface area (Å²) >= 11 is 0. The van der Waals surface area contributed by atoms with Gasteiger partial charge in [-0.25, -0.2) is 8.42 Å². The number of rotatable bonds is 12. The molecular weight excluding hydrogens is 510 g/mol. The summed E-state index contributed by atoms with van der Waals surface area (Å²) in [6.45, 7) is 3.94. The highest BCUT2D eigenvalue weighted by Gasteiger charge is 2.31. The summed E-state index contributed by atoms with van der Waals surface area (Å²) in [7, 11) is -3.48. The zero-order chi connectivity index (χ0) is 27.7. The number of aryl methyl sites for hydroxylation is 1. The average Bonchev–Trinajstić information content (AvgIpc) is 3.52. The van der Waals surface area contributed by atoms with Crippen molar-refractivity contribution in [1.29, 1.82) is 0 Å². The maximum absolute atomic E-state index is 13.8. The van der Waals surface area contributed by atoms with Crippen LogP contribution in [0.5, 0.6) is 0 Å². The van der Waals surface area contributed by atoms with Crippen molar-refractivity contribution in [2.75, 3.05) is 19.6 Å². The van der Waals surface area contributed by atoms with Gasteiger partial charge in [0.1, 0.15) is 6.04 Å². The molecule has 4 rings (SSSR count). The fraction of sp³-hybridized carbons (Fsp3) is 0.355. The molecule has 1 heterocycles. The van der Waals surface area contributed by atoms with E-state index in [0.717, 1.165) is 36.0 Å². The summed E-state index contributed by atoms with van der Waals surface area (Å²) in [5, 5.41) is 2.98. The molecule has 1 aliphatic rings. The first-order chi connectivity index (χ1) is 18.9. The lowest BCUT2D eigenvalue weighted by Crippen LogP contribution is -2.43. The number of hydrogen-bond donors (Lipinski definition) is 1. The molecule has 3 aromatic rings. The number of sulfonamides is 1. The number of nitrogens with one attached hydrogen (secondary N) is 1. The molecule has 39 heavy (non-hydrogen) atoms. The van der Waals surface area contributed by atoms with Crippen LogP contribution < -0.4 is 5.32 Å². The average molecular weight is 548 g/mol. The van der Waals surface area contributed by atoms with Gasteiger partial charge in [0.15, 0.2) is 0 Å². The minimum atomic E-state index is -3.48. The van der Waals surface area contributed by atoms with Crippen LogP contribution in [0.4, 0.5) is 0 Å². The fourth-order valence-corrected chi connectivity index (χ4v) is 6.37. The predicted octanol–water partition coefficient (Wildman–Crippen LogP) is 4.70. The zero-order valence-corrected chi connectivity index (χ0v) is 23.3. The van der Waals surface area contributed by atoms with Crippen molar-refractivity contribution in [2.24, 2.45) is 0 Å². The Bertz CT molecular complexity index is 1320. The highest BCUT2D eigenvalue weighted by molar-refractivity contribution is 7.89. The summed E-state index contributed by atoms with van der Waals surface area (Å²) in [4.78, 5) is 29.1. The molecule has 0 saturated carbocycles. The van der Waals surface area contributed by atoms with Crippen LogP contribution in [-0.2, 0) is 32.6 Å². The SMILES string of the molecule is CCCNC(=O)[C@H](c1ccccc1)N(Cc1ccccc1)C(=O)CCc1ccc(S(=O)(=O)N2CCCC2)cc1. The number of carbonyl (C=O) groups excluding carboxylic acids is 2. The molecule has 0 unspecified atom stereocenters. The molecule has 8 heteroatoms. The third kappa shape index (κ3) is 7.34. The molecule has 206 valence electrons. The highest BCUT2D eigenvalue weighted by atomic mass is 32.2. The molecule has 1 saturated heterocycles. The second-order valence-electron chi connectivity index (χ2n) is 9.87. The summed E-state index contributed by atoms with van der Waals surface area (Å²) in [6, 6.07) is 25.1. The first kappa shape index (κ1) is 28.5. The van der Waals surface area contributed by atoms with Crippen molar-refractivity contribution in [1.82, 2.24) is 14.5 Å². The molecule has 2 amide bonds. The van der Waals surface area contributed by atoms with Crippen LogP contribution in [0.25, 0.3) is 0 Å². The normalized spacial score (nSPS) is 14.6. The van der Waals surface area contributed by atoms with Crippen LogP contribution in [0, 0.1) is 0 Å². The van der Waals surface area contributed by atoms with Gasteiger partial charge in [-0.05, 0) is 54.5 Å². The molecule has 1 fully saturated rings. The lowest BCUT2D eigenvalue weighted by molar-refractivity contribution is -0.141. The van der Waals surface area contributed by atoms with Gasteiger partial charge in [0, 0.05) is 32.6 Å². The first-order valence-electron chi connectivity index (χ1n) is 13.7. The van der Waals surface area contributed by atoms with Crippen LogP contribution in [-0.4, -0.2) is 49.1 Å². The van der Waals surface area contributed by atoms with Crippen LogP contribution in [0.2, 0.25) is 0 Å². The van der Waals surface area contributed by atoms with Crippen molar-refractivity contribution in [3.05, 3.63) is 102 Å². The Morgan fingerprint density at radius 1 is 0.872 bits per heavy atom. The molecule has 0 bridgehead atoms. The third-order valence-electron chi connectivity index (χ3n) is 6.99. The molecule has 1 aliphatic heterocycles. The highest BCUT2D eigenvalue weighted by Crippen LogP contribution is 2.26. The van der Waals surface area contributed by atoms with Gasteiger partial charge < -0.3 is 10.2 Å².